The van der Waals surface area contributed by atoms with Crippen LogP contribution in [0.2, 0.25) is 5.02 Å². The standard InChI is InChI=1S/C24H20ClN3O4/c1-24(16-10-12-17(25)13-11-16)22(30)28(23(31)27-24)15-21(29)26-18-6-5-9-20(14-18)32-19-7-3-2-4-8-19/h2-14H,15H2,1H3,(H,26,29)(H,27,31). The summed E-state index contributed by atoms with van der Waals surface area (Å²) in [7, 11) is 0. The number of nitrogens with zero attached hydrogens (tertiary/aromatic N) is 1. The summed E-state index contributed by atoms with van der Waals surface area (Å²) in [6.07, 6.45) is 0. The van der Waals surface area contributed by atoms with Crippen molar-refractivity contribution in [3.8, 4) is 11.5 Å². The minimum atomic E-state index is -1.27. The number of halogens is 1. The highest BCUT2D eigenvalue weighted by Gasteiger charge is 2.49. The first kappa shape index (κ1) is 21.4. The maximum absolute atomic E-state index is 13.0. The van der Waals surface area contributed by atoms with E-state index in [-0.39, 0.29) is 0 Å². The van der Waals surface area contributed by atoms with Crippen molar-refractivity contribution in [1.82, 2.24) is 10.2 Å². The Morgan fingerprint density at radius 3 is 2.41 bits per heavy atom. The maximum atomic E-state index is 13.0. The molecule has 0 aliphatic carbocycles. The van der Waals surface area contributed by atoms with Crippen LogP contribution < -0.4 is 15.4 Å². The minimum absolute atomic E-state index is 0.419. The van der Waals surface area contributed by atoms with E-state index in [2.05, 4.69) is 10.6 Å². The average molecular weight is 450 g/mol. The number of rotatable bonds is 6. The summed E-state index contributed by atoms with van der Waals surface area (Å²) >= 11 is 5.92. The summed E-state index contributed by atoms with van der Waals surface area (Å²) in [5.41, 5.74) is -0.212. The Labute approximate surface area is 189 Å². The molecule has 2 N–H and O–H groups in total. The number of imide groups is 1. The van der Waals surface area contributed by atoms with Crippen LogP contribution in [0.5, 0.6) is 11.5 Å². The van der Waals surface area contributed by atoms with E-state index in [9.17, 15) is 14.4 Å². The summed E-state index contributed by atoms with van der Waals surface area (Å²) in [6.45, 7) is 1.18. The SMILES string of the molecule is CC1(c2ccc(Cl)cc2)NC(=O)N(CC(=O)Nc2cccc(Oc3ccccc3)c2)C1=O. The van der Waals surface area contributed by atoms with Crippen molar-refractivity contribution < 1.29 is 19.1 Å². The number of nitrogens with one attached hydrogen (secondary N) is 2. The molecule has 7 nitrogen and oxygen atoms in total. The quantitative estimate of drug-likeness (QED) is 0.541. The molecule has 1 heterocycles. The van der Waals surface area contributed by atoms with Crippen molar-refractivity contribution in [2.24, 2.45) is 0 Å². The molecular formula is C24H20ClN3O4. The Bertz CT molecular complexity index is 1170. The van der Waals surface area contributed by atoms with E-state index >= 15 is 0 Å². The molecule has 1 unspecified atom stereocenters. The second kappa shape index (κ2) is 8.72. The molecule has 8 heteroatoms. The largest absolute Gasteiger partial charge is 0.457 e. The first-order chi connectivity index (χ1) is 15.3. The number of benzene rings is 3. The van der Waals surface area contributed by atoms with Crippen LogP contribution in [0.25, 0.3) is 0 Å². The van der Waals surface area contributed by atoms with Crippen LogP contribution in [0.4, 0.5) is 10.5 Å². The number of carbonyl (C=O) groups excluding carboxylic acids is 3. The normalized spacial score (nSPS) is 17.8. The van der Waals surface area contributed by atoms with Crippen LogP contribution in [0.15, 0.2) is 78.9 Å². The first-order valence-electron chi connectivity index (χ1n) is 9.88. The van der Waals surface area contributed by atoms with Gasteiger partial charge in [-0.25, -0.2) is 4.79 Å². The zero-order valence-corrected chi connectivity index (χ0v) is 17.9. The lowest BCUT2D eigenvalue weighted by molar-refractivity contribution is -0.133. The number of urea groups is 1. The third kappa shape index (κ3) is 4.43. The number of ether oxygens (including phenoxy) is 1. The van der Waals surface area contributed by atoms with Gasteiger partial charge in [-0.2, -0.15) is 0 Å². The van der Waals surface area contributed by atoms with Gasteiger partial charge in [0, 0.05) is 16.8 Å². The predicted molar refractivity (Wildman–Crippen MR) is 121 cm³/mol. The fourth-order valence-electron chi connectivity index (χ4n) is 3.43. The lowest BCUT2D eigenvalue weighted by atomic mass is 9.92. The predicted octanol–water partition coefficient (Wildman–Crippen LogP) is 4.54. The number of hydrogen-bond acceptors (Lipinski definition) is 4. The zero-order valence-electron chi connectivity index (χ0n) is 17.2. The molecule has 1 aliphatic heterocycles. The Morgan fingerprint density at radius 1 is 1.00 bits per heavy atom. The molecule has 1 saturated heterocycles. The molecule has 162 valence electrons. The van der Waals surface area contributed by atoms with Crippen LogP contribution in [-0.4, -0.2) is 29.3 Å². The smallest absolute Gasteiger partial charge is 0.325 e. The van der Waals surface area contributed by atoms with Crippen LogP contribution >= 0.6 is 11.6 Å². The second-order valence-corrected chi connectivity index (χ2v) is 7.88. The van der Waals surface area contributed by atoms with Crippen LogP contribution in [0.3, 0.4) is 0 Å². The summed E-state index contributed by atoms with van der Waals surface area (Å²) in [5, 5.41) is 5.88. The molecule has 3 aromatic carbocycles. The van der Waals surface area contributed by atoms with Gasteiger partial charge in [0.2, 0.25) is 5.91 Å². The summed E-state index contributed by atoms with van der Waals surface area (Å²) < 4.78 is 5.76. The Kier molecular flexibility index (Phi) is 5.83. The zero-order chi connectivity index (χ0) is 22.7. The van der Waals surface area contributed by atoms with E-state index in [1.54, 1.807) is 55.5 Å². The summed E-state index contributed by atoms with van der Waals surface area (Å²) in [6, 6.07) is 22.1. The van der Waals surface area contributed by atoms with Crippen molar-refractivity contribution in [2.45, 2.75) is 12.5 Å². The summed E-state index contributed by atoms with van der Waals surface area (Å²) in [4.78, 5) is 38.9. The Hall–Kier alpha value is -3.84. The molecule has 0 saturated carbocycles. The minimum Gasteiger partial charge on any atom is -0.457 e. The molecule has 3 aromatic rings. The van der Waals surface area contributed by atoms with E-state index in [4.69, 9.17) is 16.3 Å². The molecule has 0 aromatic heterocycles. The highest BCUT2D eigenvalue weighted by atomic mass is 35.5. The average Bonchev–Trinajstić information content (AvgIpc) is 2.99. The van der Waals surface area contributed by atoms with Gasteiger partial charge in [-0.1, -0.05) is 48.0 Å². The second-order valence-electron chi connectivity index (χ2n) is 7.44. The number of carbonyl (C=O) groups is 3. The molecule has 1 atom stereocenters. The van der Waals surface area contributed by atoms with E-state index in [1.165, 1.54) is 0 Å². The van der Waals surface area contributed by atoms with Gasteiger partial charge in [0.15, 0.2) is 0 Å². The fraction of sp³-hybridized carbons (Fsp3) is 0.125. The fourth-order valence-corrected chi connectivity index (χ4v) is 3.55. The van der Waals surface area contributed by atoms with Crippen LogP contribution in [0, 0.1) is 0 Å². The van der Waals surface area contributed by atoms with Crippen molar-refractivity contribution in [1.29, 1.82) is 0 Å². The van der Waals surface area contributed by atoms with Crippen molar-refractivity contribution >= 4 is 35.1 Å². The number of para-hydroxylation sites is 1. The molecule has 1 aliphatic rings. The summed E-state index contributed by atoms with van der Waals surface area (Å²) in [5.74, 6) is 0.183. The molecule has 1 fully saturated rings. The third-order valence-corrected chi connectivity index (χ3v) is 5.35. The first-order valence-corrected chi connectivity index (χ1v) is 10.3. The van der Waals surface area contributed by atoms with E-state index < -0.39 is 29.9 Å². The van der Waals surface area contributed by atoms with Crippen molar-refractivity contribution in [2.75, 3.05) is 11.9 Å². The van der Waals surface area contributed by atoms with Gasteiger partial charge < -0.3 is 15.4 Å². The number of amides is 4. The molecule has 0 radical (unpaired) electrons. The van der Waals surface area contributed by atoms with Crippen LogP contribution in [-0.2, 0) is 15.1 Å². The van der Waals surface area contributed by atoms with Gasteiger partial charge in [0.1, 0.15) is 23.6 Å². The van der Waals surface area contributed by atoms with E-state index in [0.29, 0.717) is 27.8 Å². The lowest BCUT2D eigenvalue weighted by Gasteiger charge is -2.22. The van der Waals surface area contributed by atoms with Gasteiger partial charge in [-0.3, -0.25) is 14.5 Å². The topological polar surface area (TPSA) is 87.7 Å². The Balaban J connectivity index is 1.43. The van der Waals surface area contributed by atoms with Gasteiger partial charge >= 0.3 is 6.03 Å². The molecular weight excluding hydrogens is 430 g/mol. The van der Waals surface area contributed by atoms with Gasteiger partial charge in [-0.15, -0.1) is 0 Å². The molecule has 4 amide bonds. The third-order valence-electron chi connectivity index (χ3n) is 5.09. The molecule has 0 bridgehead atoms. The monoisotopic (exact) mass is 449 g/mol. The molecule has 4 rings (SSSR count). The van der Waals surface area contributed by atoms with E-state index in [0.717, 1.165) is 4.90 Å². The number of anilines is 1. The molecule has 32 heavy (non-hydrogen) atoms. The maximum Gasteiger partial charge on any atom is 0.325 e. The van der Waals surface area contributed by atoms with Gasteiger partial charge in [0.25, 0.3) is 5.91 Å². The van der Waals surface area contributed by atoms with Gasteiger partial charge in [-0.05, 0) is 48.9 Å². The number of hydrogen-bond donors (Lipinski definition) is 2. The van der Waals surface area contributed by atoms with Crippen molar-refractivity contribution in [3.05, 3.63) is 89.4 Å². The highest BCUT2D eigenvalue weighted by Crippen LogP contribution is 2.30. The van der Waals surface area contributed by atoms with E-state index in [1.807, 2.05) is 30.3 Å². The molecule has 0 spiro atoms. The Morgan fingerprint density at radius 2 is 1.69 bits per heavy atom. The van der Waals surface area contributed by atoms with Gasteiger partial charge in [0.05, 0.1) is 0 Å². The van der Waals surface area contributed by atoms with Crippen LogP contribution in [0.1, 0.15) is 12.5 Å². The lowest BCUT2D eigenvalue weighted by Crippen LogP contribution is -2.42. The van der Waals surface area contributed by atoms with Crippen molar-refractivity contribution in [3.63, 3.8) is 0 Å². The highest BCUT2D eigenvalue weighted by molar-refractivity contribution is 6.30.